The van der Waals surface area contributed by atoms with Gasteiger partial charge < -0.3 is 5.32 Å². The van der Waals surface area contributed by atoms with Crippen LogP contribution in [0.1, 0.15) is 29.8 Å². The van der Waals surface area contributed by atoms with Crippen molar-refractivity contribution < 1.29 is 9.59 Å². The molecule has 2 amide bonds. The van der Waals surface area contributed by atoms with E-state index in [1.165, 1.54) is 6.92 Å². The third kappa shape index (κ3) is 3.23. The number of benzene rings is 1. The van der Waals surface area contributed by atoms with Gasteiger partial charge in [0, 0.05) is 16.8 Å². The first-order chi connectivity index (χ1) is 9.60. The monoisotopic (exact) mass is 272 g/mol. The molecule has 6 nitrogen and oxygen atoms in total. The third-order valence-electron chi connectivity index (χ3n) is 2.89. The van der Waals surface area contributed by atoms with E-state index in [0.717, 1.165) is 12.0 Å². The number of Topliss-reactive ketones (excluding diaryl/α,β-unsaturated/α-hetero) is 1. The molecule has 0 aliphatic rings. The van der Waals surface area contributed by atoms with Crippen molar-refractivity contribution in [3.8, 4) is 0 Å². The molecule has 6 heteroatoms. The summed E-state index contributed by atoms with van der Waals surface area (Å²) in [6.45, 7) is 3.48. The molecular weight excluding hydrogens is 256 g/mol. The lowest BCUT2D eigenvalue weighted by atomic mass is 10.1. The number of nitrogens with one attached hydrogen (secondary N) is 3. The van der Waals surface area contributed by atoms with Gasteiger partial charge in [0.1, 0.15) is 5.82 Å². The fourth-order valence-corrected chi connectivity index (χ4v) is 1.75. The Morgan fingerprint density at radius 2 is 1.90 bits per heavy atom. The van der Waals surface area contributed by atoms with E-state index in [4.69, 9.17) is 0 Å². The van der Waals surface area contributed by atoms with Crippen LogP contribution < -0.4 is 10.6 Å². The van der Waals surface area contributed by atoms with Crippen LogP contribution in [0.2, 0.25) is 0 Å². The van der Waals surface area contributed by atoms with E-state index >= 15 is 0 Å². The third-order valence-corrected chi connectivity index (χ3v) is 2.89. The van der Waals surface area contributed by atoms with Crippen molar-refractivity contribution in [2.45, 2.75) is 20.3 Å². The minimum absolute atomic E-state index is 0.00829. The standard InChI is InChI=1S/C14H16N4O2/c1-3-10-8-15-18-13(10)17-14(20)16-12-6-4-11(5-7-12)9(2)19/h4-8H,3H2,1-2H3,(H3,15,16,17,18,20). The zero-order valence-corrected chi connectivity index (χ0v) is 11.4. The zero-order valence-electron chi connectivity index (χ0n) is 11.4. The number of hydrogen-bond acceptors (Lipinski definition) is 3. The van der Waals surface area contributed by atoms with Gasteiger partial charge in [-0.05, 0) is 37.6 Å². The summed E-state index contributed by atoms with van der Waals surface area (Å²) < 4.78 is 0. The molecule has 2 rings (SSSR count). The average Bonchev–Trinajstić information content (AvgIpc) is 2.86. The summed E-state index contributed by atoms with van der Waals surface area (Å²) >= 11 is 0. The van der Waals surface area contributed by atoms with Gasteiger partial charge in [0.25, 0.3) is 0 Å². The van der Waals surface area contributed by atoms with Crippen LogP contribution in [-0.4, -0.2) is 22.0 Å². The number of urea groups is 1. The Morgan fingerprint density at radius 1 is 1.20 bits per heavy atom. The van der Waals surface area contributed by atoms with Crippen molar-refractivity contribution >= 4 is 23.3 Å². The summed E-state index contributed by atoms with van der Waals surface area (Å²) in [5.74, 6) is 0.580. The van der Waals surface area contributed by atoms with Crippen LogP contribution in [0.5, 0.6) is 0 Å². The van der Waals surface area contributed by atoms with Gasteiger partial charge in [0.15, 0.2) is 5.78 Å². The molecule has 20 heavy (non-hydrogen) atoms. The molecule has 0 bridgehead atoms. The lowest BCUT2D eigenvalue weighted by Crippen LogP contribution is -2.20. The Balaban J connectivity index is 1.99. The number of nitrogens with zero attached hydrogens (tertiary/aromatic N) is 1. The van der Waals surface area contributed by atoms with Gasteiger partial charge in [0.05, 0.1) is 6.20 Å². The van der Waals surface area contributed by atoms with Crippen LogP contribution >= 0.6 is 0 Å². The topological polar surface area (TPSA) is 86.9 Å². The molecule has 0 spiro atoms. The Hall–Kier alpha value is -2.63. The number of carbonyl (C=O) groups is 2. The van der Waals surface area contributed by atoms with Gasteiger partial charge in [-0.1, -0.05) is 6.92 Å². The highest BCUT2D eigenvalue weighted by atomic mass is 16.2. The summed E-state index contributed by atoms with van der Waals surface area (Å²) in [5.41, 5.74) is 2.16. The second-order valence-electron chi connectivity index (χ2n) is 4.34. The summed E-state index contributed by atoms with van der Waals surface area (Å²) in [5, 5.41) is 12.0. The first-order valence-electron chi connectivity index (χ1n) is 6.31. The normalized spacial score (nSPS) is 10.1. The molecule has 0 fully saturated rings. The van der Waals surface area contributed by atoms with Crippen molar-refractivity contribution in [2.75, 3.05) is 10.6 Å². The lowest BCUT2D eigenvalue weighted by molar-refractivity contribution is 0.101. The number of rotatable bonds is 4. The van der Waals surface area contributed by atoms with Crippen LogP contribution in [0.4, 0.5) is 16.3 Å². The molecule has 0 radical (unpaired) electrons. The van der Waals surface area contributed by atoms with Gasteiger partial charge in [0.2, 0.25) is 0 Å². The van der Waals surface area contributed by atoms with Crippen LogP contribution in [0.15, 0.2) is 30.5 Å². The minimum atomic E-state index is -0.362. The van der Waals surface area contributed by atoms with E-state index in [1.54, 1.807) is 30.5 Å². The maximum absolute atomic E-state index is 11.8. The molecule has 0 aliphatic carbocycles. The van der Waals surface area contributed by atoms with Gasteiger partial charge >= 0.3 is 6.03 Å². The fourth-order valence-electron chi connectivity index (χ4n) is 1.75. The molecule has 0 saturated heterocycles. The highest BCUT2D eigenvalue weighted by Crippen LogP contribution is 2.13. The van der Waals surface area contributed by atoms with Gasteiger partial charge in [-0.15, -0.1) is 0 Å². The molecule has 1 heterocycles. The number of hydrogen-bond donors (Lipinski definition) is 3. The Kier molecular flexibility index (Phi) is 4.14. The molecule has 0 saturated carbocycles. The smallest absolute Gasteiger partial charge is 0.308 e. The van der Waals surface area contributed by atoms with Crippen molar-refractivity contribution in [3.05, 3.63) is 41.6 Å². The second kappa shape index (κ2) is 6.01. The average molecular weight is 272 g/mol. The number of anilines is 2. The summed E-state index contributed by atoms with van der Waals surface area (Å²) in [4.78, 5) is 23.0. The van der Waals surface area contributed by atoms with Crippen molar-refractivity contribution in [3.63, 3.8) is 0 Å². The van der Waals surface area contributed by atoms with E-state index in [2.05, 4.69) is 20.8 Å². The van der Waals surface area contributed by atoms with E-state index in [0.29, 0.717) is 17.1 Å². The highest BCUT2D eigenvalue weighted by molar-refractivity contribution is 6.00. The van der Waals surface area contributed by atoms with Crippen molar-refractivity contribution in [2.24, 2.45) is 0 Å². The summed E-state index contributed by atoms with van der Waals surface area (Å²) in [7, 11) is 0. The number of aromatic nitrogens is 2. The van der Waals surface area contributed by atoms with Crippen LogP contribution in [0, 0.1) is 0 Å². The Bertz CT molecular complexity index is 616. The number of ketones is 1. The predicted molar refractivity (Wildman–Crippen MR) is 77.1 cm³/mol. The molecule has 3 N–H and O–H groups in total. The maximum atomic E-state index is 11.8. The molecule has 0 unspecified atom stereocenters. The molecule has 1 aromatic heterocycles. The molecular formula is C14H16N4O2. The molecule has 1 aromatic carbocycles. The van der Waals surface area contributed by atoms with Gasteiger partial charge in [-0.3, -0.25) is 15.2 Å². The van der Waals surface area contributed by atoms with Crippen LogP contribution in [-0.2, 0) is 6.42 Å². The maximum Gasteiger partial charge on any atom is 0.324 e. The van der Waals surface area contributed by atoms with E-state index in [1.807, 2.05) is 6.92 Å². The number of carbonyl (C=O) groups excluding carboxylic acids is 2. The first kappa shape index (κ1) is 13.8. The quantitative estimate of drug-likeness (QED) is 0.748. The minimum Gasteiger partial charge on any atom is -0.308 e. The summed E-state index contributed by atoms with van der Waals surface area (Å²) in [6, 6.07) is 6.35. The molecule has 2 aromatic rings. The SMILES string of the molecule is CCc1cn[nH]c1NC(=O)Nc1ccc(C(C)=O)cc1. The first-order valence-corrected chi connectivity index (χ1v) is 6.31. The predicted octanol–water partition coefficient (Wildman–Crippen LogP) is 2.82. The van der Waals surface area contributed by atoms with E-state index in [9.17, 15) is 9.59 Å². The highest BCUT2D eigenvalue weighted by Gasteiger charge is 2.08. The van der Waals surface area contributed by atoms with Crippen molar-refractivity contribution in [1.29, 1.82) is 0 Å². The van der Waals surface area contributed by atoms with E-state index in [-0.39, 0.29) is 11.8 Å². The van der Waals surface area contributed by atoms with Gasteiger partial charge in [-0.2, -0.15) is 5.10 Å². The lowest BCUT2D eigenvalue weighted by Gasteiger charge is -2.07. The zero-order chi connectivity index (χ0) is 14.5. The van der Waals surface area contributed by atoms with Gasteiger partial charge in [-0.25, -0.2) is 4.79 Å². The fraction of sp³-hybridized carbons (Fsp3) is 0.214. The molecule has 0 atom stereocenters. The number of aromatic amines is 1. The Labute approximate surface area is 116 Å². The molecule has 104 valence electrons. The second-order valence-corrected chi connectivity index (χ2v) is 4.34. The summed E-state index contributed by atoms with van der Waals surface area (Å²) in [6.07, 6.45) is 2.46. The number of H-pyrrole nitrogens is 1. The van der Waals surface area contributed by atoms with Crippen molar-refractivity contribution in [1.82, 2.24) is 10.2 Å². The molecule has 0 aliphatic heterocycles. The Morgan fingerprint density at radius 3 is 2.50 bits per heavy atom. The van der Waals surface area contributed by atoms with Crippen LogP contribution in [0.3, 0.4) is 0 Å². The largest absolute Gasteiger partial charge is 0.324 e. The number of aryl methyl sites for hydroxylation is 1. The van der Waals surface area contributed by atoms with Crippen LogP contribution in [0.25, 0.3) is 0 Å². The van der Waals surface area contributed by atoms with E-state index < -0.39 is 0 Å². The number of amides is 2.